The summed E-state index contributed by atoms with van der Waals surface area (Å²) >= 11 is 0. The van der Waals surface area contributed by atoms with Crippen molar-refractivity contribution in [3.05, 3.63) is 35.8 Å². The highest BCUT2D eigenvalue weighted by atomic mass is 16.3. The van der Waals surface area contributed by atoms with Crippen LogP contribution in [0.25, 0.3) is 5.65 Å². The van der Waals surface area contributed by atoms with Gasteiger partial charge in [0.05, 0.1) is 17.9 Å². The third-order valence-electron chi connectivity index (χ3n) is 5.46. The molecule has 1 saturated heterocycles. The molecule has 3 heterocycles. The number of nitrogens with zero attached hydrogens (tertiary/aromatic N) is 3. The summed E-state index contributed by atoms with van der Waals surface area (Å²) in [5.41, 5.74) is 2.45. The number of aromatic nitrogens is 2. The molecular weight excluding hydrogens is 278 g/mol. The molecule has 0 aromatic carbocycles. The number of imidazole rings is 1. The molecule has 0 radical (unpaired) electrons. The fourth-order valence-electron chi connectivity index (χ4n) is 4.26. The number of carbonyl (C=O) groups is 1. The fraction of sp³-hybridized carbons (Fsp3) is 0.529. The Morgan fingerprint density at radius 1 is 1.45 bits per heavy atom. The van der Waals surface area contributed by atoms with Gasteiger partial charge in [-0.2, -0.15) is 0 Å². The summed E-state index contributed by atoms with van der Waals surface area (Å²) in [5, 5.41) is 9.79. The Kier molecular flexibility index (Phi) is 3.01. The minimum Gasteiger partial charge on any atom is -0.396 e. The van der Waals surface area contributed by atoms with E-state index >= 15 is 0 Å². The molecule has 2 atom stereocenters. The van der Waals surface area contributed by atoms with Gasteiger partial charge in [0, 0.05) is 30.9 Å². The second-order valence-electron chi connectivity index (χ2n) is 6.86. The van der Waals surface area contributed by atoms with Gasteiger partial charge in [0.2, 0.25) is 0 Å². The highest BCUT2D eigenvalue weighted by Gasteiger charge is 2.50. The van der Waals surface area contributed by atoms with E-state index in [1.165, 1.54) is 6.42 Å². The van der Waals surface area contributed by atoms with Crippen molar-refractivity contribution in [3.8, 4) is 0 Å². The molecule has 1 N–H and O–H groups in total. The predicted molar refractivity (Wildman–Crippen MR) is 82.7 cm³/mol. The lowest BCUT2D eigenvalue weighted by Crippen LogP contribution is -2.34. The third kappa shape index (κ3) is 1.96. The van der Waals surface area contributed by atoms with E-state index in [0.29, 0.717) is 18.0 Å². The summed E-state index contributed by atoms with van der Waals surface area (Å²) in [6, 6.07) is 3.74. The second kappa shape index (κ2) is 4.81. The quantitative estimate of drug-likeness (QED) is 0.921. The first-order chi connectivity index (χ1) is 10.6. The summed E-state index contributed by atoms with van der Waals surface area (Å²) in [7, 11) is 0. The third-order valence-corrected chi connectivity index (χ3v) is 5.46. The number of hydrogen-bond acceptors (Lipinski definition) is 3. The van der Waals surface area contributed by atoms with Crippen LogP contribution in [-0.2, 0) is 0 Å². The maximum absolute atomic E-state index is 12.8. The van der Waals surface area contributed by atoms with E-state index in [1.807, 2.05) is 40.8 Å². The van der Waals surface area contributed by atoms with E-state index in [9.17, 15) is 9.90 Å². The molecular formula is C17H21N3O2. The van der Waals surface area contributed by atoms with Crippen LogP contribution in [-0.4, -0.2) is 45.0 Å². The van der Waals surface area contributed by atoms with Gasteiger partial charge >= 0.3 is 0 Å². The van der Waals surface area contributed by atoms with Crippen LogP contribution in [0.2, 0.25) is 0 Å². The topological polar surface area (TPSA) is 57.8 Å². The van der Waals surface area contributed by atoms with Gasteiger partial charge in [-0.05, 0) is 37.8 Å². The number of hydrogen-bond donors (Lipinski definition) is 1. The Balaban J connectivity index is 1.61. The van der Waals surface area contributed by atoms with Crippen molar-refractivity contribution >= 4 is 11.6 Å². The summed E-state index contributed by atoms with van der Waals surface area (Å²) in [4.78, 5) is 19.1. The molecule has 2 aromatic rings. The minimum absolute atomic E-state index is 0.0502. The van der Waals surface area contributed by atoms with Crippen molar-refractivity contribution in [3.63, 3.8) is 0 Å². The molecule has 2 aliphatic rings. The van der Waals surface area contributed by atoms with Crippen LogP contribution in [0.1, 0.15) is 35.3 Å². The van der Waals surface area contributed by atoms with Crippen LogP contribution < -0.4 is 0 Å². The standard InChI is InChI=1S/C17H21N3O2/c1-12-7-19-8-13(4-5-15(19)18-12)16(22)20-9-14-3-2-6-17(14,10-20)11-21/h4-5,7-8,14,21H,2-3,6,9-11H2,1H3/t14-,17+/m1/s1. The van der Waals surface area contributed by atoms with E-state index in [2.05, 4.69) is 4.98 Å². The van der Waals surface area contributed by atoms with Gasteiger partial charge in [-0.3, -0.25) is 4.79 Å². The molecule has 5 nitrogen and oxygen atoms in total. The Morgan fingerprint density at radius 3 is 3.09 bits per heavy atom. The van der Waals surface area contributed by atoms with Crippen LogP contribution >= 0.6 is 0 Å². The van der Waals surface area contributed by atoms with Gasteiger partial charge in [0.1, 0.15) is 5.65 Å². The van der Waals surface area contributed by atoms with Gasteiger partial charge in [-0.15, -0.1) is 0 Å². The smallest absolute Gasteiger partial charge is 0.255 e. The average molecular weight is 299 g/mol. The number of pyridine rings is 1. The summed E-state index contributed by atoms with van der Waals surface area (Å²) in [6.07, 6.45) is 7.13. The molecule has 1 saturated carbocycles. The highest BCUT2D eigenvalue weighted by molar-refractivity contribution is 5.94. The molecule has 0 bridgehead atoms. The largest absolute Gasteiger partial charge is 0.396 e. The Hall–Kier alpha value is -1.88. The van der Waals surface area contributed by atoms with Crippen molar-refractivity contribution < 1.29 is 9.90 Å². The van der Waals surface area contributed by atoms with E-state index in [4.69, 9.17) is 0 Å². The van der Waals surface area contributed by atoms with E-state index < -0.39 is 0 Å². The number of aryl methyl sites for hydroxylation is 1. The number of likely N-dealkylation sites (tertiary alicyclic amines) is 1. The van der Waals surface area contributed by atoms with Crippen LogP contribution in [0.3, 0.4) is 0 Å². The molecule has 1 amide bonds. The molecule has 5 heteroatoms. The average Bonchev–Trinajstić information content (AvgIpc) is 3.15. The zero-order valence-electron chi connectivity index (χ0n) is 12.8. The molecule has 2 aromatic heterocycles. The lowest BCUT2D eigenvalue weighted by atomic mass is 9.82. The monoisotopic (exact) mass is 299 g/mol. The van der Waals surface area contributed by atoms with Crippen LogP contribution in [0.15, 0.2) is 24.5 Å². The first kappa shape index (κ1) is 13.8. The Bertz CT molecular complexity index is 739. The maximum atomic E-state index is 12.8. The molecule has 116 valence electrons. The van der Waals surface area contributed by atoms with Gasteiger partial charge < -0.3 is 14.4 Å². The van der Waals surface area contributed by atoms with Crippen LogP contribution in [0.4, 0.5) is 0 Å². The van der Waals surface area contributed by atoms with Crippen molar-refractivity contribution in [2.24, 2.45) is 11.3 Å². The number of fused-ring (bicyclic) bond motifs is 2. The summed E-state index contributed by atoms with van der Waals surface area (Å²) in [5.74, 6) is 0.524. The van der Waals surface area contributed by atoms with Gasteiger partial charge in [-0.1, -0.05) is 6.42 Å². The normalized spacial score (nSPS) is 27.5. The van der Waals surface area contributed by atoms with Gasteiger partial charge in [0.15, 0.2) is 0 Å². The summed E-state index contributed by atoms with van der Waals surface area (Å²) in [6.45, 7) is 3.61. The molecule has 4 rings (SSSR count). The molecule has 0 spiro atoms. The van der Waals surface area contributed by atoms with Gasteiger partial charge in [0.25, 0.3) is 5.91 Å². The number of aliphatic hydroxyl groups excluding tert-OH is 1. The zero-order valence-corrected chi connectivity index (χ0v) is 12.8. The van der Waals surface area contributed by atoms with Gasteiger partial charge in [-0.25, -0.2) is 4.98 Å². The predicted octanol–water partition coefficient (Wildman–Crippen LogP) is 1.88. The minimum atomic E-state index is -0.0502. The first-order valence-electron chi connectivity index (χ1n) is 7.97. The first-order valence-corrected chi connectivity index (χ1v) is 7.97. The van der Waals surface area contributed by atoms with Crippen LogP contribution in [0, 0.1) is 18.3 Å². The van der Waals surface area contributed by atoms with E-state index in [0.717, 1.165) is 30.7 Å². The molecule has 1 aliphatic carbocycles. The number of aliphatic hydroxyl groups is 1. The van der Waals surface area contributed by atoms with E-state index in [-0.39, 0.29) is 17.9 Å². The van der Waals surface area contributed by atoms with E-state index in [1.54, 1.807) is 0 Å². The van der Waals surface area contributed by atoms with Crippen LogP contribution in [0.5, 0.6) is 0 Å². The number of rotatable bonds is 2. The molecule has 22 heavy (non-hydrogen) atoms. The van der Waals surface area contributed by atoms with Crippen molar-refractivity contribution in [1.29, 1.82) is 0 Å². The SMILES string of the molecule is Cc1cn2cc(C(=O)N3C[C@H]4CCC[C@@]4(CO)C3)ccc2n1. The Morgan fingerprint density at radius 2 is 2.32 bits per heavy atom. The lowest BCUT2D eigenvalue weighted by Gasteiger charge is -2.25. The molecule has 1 aliphatic heterocycles. The summed E-state index contributed by atoms with van der Waals surface area (Å²) < 4.78 is 1.90. The Labute approximate surface area is 129 Å². The number of carbonyl (C=O) groups excluding carboxylic acids is 1. The van der Waals surface area contributed by atoms with Crippen molar-refractivity contribution in [2.75, 3.05) is 19.7 Å². The maximum Gasteiger partial charge on any atom is 0.255 e. The fourth-order valence-corrected chi connectivity index (χ4v) is 4.26. The molecule has 0 unspecified atom stereocenters. The van der Waals surface area contributed by atoms with Crippen molar-refractivity contribution in [1.82, 2.24) is 14.3 Å². The van der Waals surface area contributed by atoms with Crippen molar-refractivity contribution in [2.45, 2.75) is 26.2 Å². The zero-order chi connectivity index (χ0) is 15.3. The molecule has 2 fully saturated rings. The number of amides is 1. The highest BCUT2D eigenvalue weighted by Crippen LogP contribution is 2.48. The lowest BCUT2D eigenvalue weighted by molar-refractivity contribution is 0.0734. The second-order valence-corrected chi connectivity index (χ2v) is 6.86.